The number of amides is 1. The fourth-order valence-corrected chi connectivity index (χ4v) is 4.50. The first-order valence-electron chi connectivity index (χ1n) is 10.1. The summed E-state index contributed by atoms with van der Waals surface area (Å²) in [6, 6.07) is 0. The van der Waals surface area contributed by atoms with Crippen LogP contribution in [0.5, 0.6) is 0 Å². The molecule has 2 aromatic heterocycles. The molecule has 8 heteroatoms. The number of hydrogen-bond donors (Lipinski definition) is 1. The number of anilines is 1. The molecule has 27 heavy (non-hydrogen) atoms. The van der Waals surface area contributed by atoms with Crippen molar-refractivity contribution in [1.82, 2.24) is 25.1 Å². The van der Waals surface area contributed by atoms with Crippen LogP contribution in [0, 0.1) is 5.92 Å². The molecule has 1 saturated heterocycles. The van der Waals surface area contributed by atoms with Crippen LogP contribution in [-0.2, 0) is 11.3 Å². The SMILES string of the molecule is CSc1nc(N2CCCCC2)c2cnn(CCNC(=O)C3CCCC3)c2n1. The van der Waals surface area contributed by atoms with Crippen LogP contribution in [0.4, 0.5) is 5.82 Å². The number of hydrogen-bond acceptors (Lipinski definition) is 6. The molecule has 2 aliphatic rings. The minimum Gasteiger partial charge on any atom is -0.356 e. The van der Waals surface area contributed by atoms with Gasteiger partial charge in [-0.15, -0.1) is 0 Å². The lowest BCUT2D eigenvalue weighted by molar-refractivity contribution is -0.124. The van der Waals surface area contributed by atoms with Gasteiger partial charge in [-0.3, -0.25) is 4.79 Å². The molecule has 1 amide bonds. The molecule has 0 aromatic carbocycles. The Morgan fingerprint density at radius 2 is 1.96 bits per heavy atom. The minimum atomic E-state index is 0.192. The third kappa shape index (κ3) is 4.05. The van der Waals surface area contributed by atoms with E-state index in [0.29, 0.717) is 13.1 Å². The van der Waals surface area contributed by atoms with Crippen molar-refractivity contribution in [2.75, 3.05) is 30.8 Å². The van der Waals surface area contributed by atoms with E-state index in [2.05, 4.69) is 15.3 Å². The third-order valence-electron chi connectivity index (χ3n) is 5.64. The predicted octanol–water partition coefficient (Wildman–Crippen LogP) is 2.84. The van der Waals surface area contributed by atoms with Crippen LogP contribution in [0.3, 0.4) is 0 Å². The molecule has 2 aromatic rings. The van der Waals surface area contributed by atoms with Gasteiger partial charge in [-0.05, 0) is 38.4 Å². The first-order chi connectivity index (χ1) is 13.3. The Bertz CT molecular complexity index is 795. The highest BCUT2D eigenvalue weighted by molar-refractivity contribution is 7.98. The summed E-state index contributed by atoms with van der Waals surface area (Å²) in [7, 11) is 0. The van der Waals surface area contributed by atoms with E-state index in [4.69, 9.17) is 9.97 Å². The van der Waals surface area contributed by atoms with E-state index < -0.39 is 0 Å². The zero-order valence-corrected chi connectivity index (χ0v) is 16.8. The molecule has 0 spiro atoms. The second-order valence-corrected chi connectivity index (χ2v) is 8.23. The Hall–Kier alpha value is -1.83. The van der Waals surface area contributed by atoms with Gasteiger partial charge in [-0.25, -0.2) is 14.6 Å². The van der Waals surface area contributed by atoms with Crippen LogP contribution < -0.4 is 10.2 Å². The van der Waals surface area contributed by atoms with Crippen LogP contribution in [0.25, 0.3) is 11.0 Å². The summed E-state index contributed by atoms with van der Waals surface area (Å²) < 4.78 is 1.90. The van der Waals surface area contributed by atoms with E-state index in [1.807, 2.05) is 17.1 Å². The number of fused-ring (bicyclic) bond motifs is 1. The molecule has 0 unspecified atom stereocenters. The first kappa shape index (κ1) is 18.5. The topological polar surface area (TPSA) is 75.9 Å². The van der Waals surface area contributed by atoms with Crippen molar-refractivity contribution in [3.05, 3.63) is 6.20 Å². The van der Waals surface area contributed by atoms with Gasteiger partial charge in [0.15, 0.2) is 10.8 Å². The third-order valence-corrected chi connectivity index (χ3v) is 6.19. The Kier molecular flexibility index (Phi) is 5.80. The Morgan fingerprint density at radius 1 is 1.19 bits per heavy atom. The number of aromatic nitrogens is 4. The summed E-state index contributed by atoms with van der Waals surface area (Å²) in [6.45, 7) is 3.31. The van der Waals surface area contributed by atoms with E-state index in [-0.39, 0.29) is 11.8 Å². The van der Waals surface area contributed by atoms with Gasteiger partial charge < -0.3 is 10.2 Å². The number of nitrogens with zero attached hydrogens (tertiary/aromatic N) is 5. The first-order valence-corrected chi connectivity index (χ1v) is 11.3. The van der Waals surface area contributed by atoms with Crippen molar-refractivity contribution >= 4 is 34.5 Å². The Labute approximate surface area is 164 Å². The van der Waals surface area contributed by atoms with Crippen LogP contribution in [0.2, 0.25) is 0 Å². The Morgan fingerprint density at radius 3 is 2.70 bits per heavy atom. The number of piperidine rings is 1. The standard InChI is InChI=1S/C19H28N6OS/c1-27-19-22-16(24-10-5-2-6-11-24)15-13-21-25(17(15)23-19)12-9-20-18(26)14-7-3-4-8-14/h13-14H,2-12H2,1H3,(H,20,26). The zero-order valence-electron chi connectivity index (χ0n) is 16.0. The summed E-state index contributed by atoms with van der Waals surface area (Å²) in [5.41, 5.74) is 0.866. The molecule has 146 valence electrons. The van der Waals surface area contributed by atoms with Crippen molar-refractivity contribution in [3.8, 4) is 0 Å². The van der Waals surface area contributed by atoms with Gasteiger partial charge in [-0.1, -0.05) is 24.6 Å². The van der Waals surface area contributed by atoms with E-state index in [0.717, 1.165) is 47.9 Å². The maximum atomic E-state index is 12.2. The average molecular weight is 389 g/mol. The lowest BCUT2D eigenvalue weighted by Gasteiger charge is -2.28. The van der Waals surface area contributed by atoms with Crippen LogP contribution >= 0.6 is 11.8 Å². The molecule has 7 nitrogen and oxygen atoms in total. The summed E-state index contributed by atoms with van der Waals surface area (Å²) in [5.74, 6) is 1.40. The molecular weight excluding hydrogens is 360 g/mol. The molecule has 4 rings (SSSR count). The van der Waals surface area contributed by atoms with E-state index in [1.54, 1.807) is 11.8 Å². The fraction of sp³-hybridized carbons (Fsp3) is 0.684. The molecule has 0 radical (unpaired) electrons. The van der Waals surface area contributed by atoms with Crippen molar-refractivity contribution < 1.29 is 4.79 Å². The Balaban J connectivity index is 1.50. The highest BCUT2D eigenvalue weighted by Gasteiger charge is 2.23. The van der Waals surface area contributed by atoms with Gasteiger partial charge >= 0.3 is 0 Å². The predicted molar refractivity (Wildman–Crippen MR) is 108 cm³/mol. The molecule has 1 aliphatic heterocycles. The van der Waals surface area contributed by atoms with Gasteiger partial charge in [0.2, 0.25) is 5.91 Å². The number of carbonyl (C=O) groups is 1. The normalized spacial score (nSPS) is 18.3. The van der Waals surface area contributed by atoms with Gasteiger partial charge in [0.25, 0.3) is 0 Å². The monoisotopic (exact) mass is 388 g/mol. The second-order valence-electron chi connectivity index (χ2n) is 7.46. The van der Waals surface area contributed by atoms with Crippen molar-refractivity contribution in [1.29, 1.82) is 0 Å². The van der Waals surface area contributed by atoms with Gasteiger partial charge in [-0.2, -0.15) is 5.10 Å². The van der Waals surface area contributed by atoms with Gasteiger partial charge in [0, 0.05) is 25.6 Å². The van der Waals surface area contributed by atoms with Gasteiger partial charge in [0.05, 0.1) is 18.1 Å². The molecule has 0 atom stereocenters. The van der Waals surface area contributed by atoms with Crippen LogP contribution in [-0.4, -0.2) is 51.5 Å². The van der Waals surface area contributed by atoms with E-state index >= 15 is 0 Å². The number of nitrogens with one attached hydrogen (secondary N) is 1. The number of thioether (sulfide) groups is 1. The molecular formula is C19H28N6OS. The molecule has 2 fully saturated rings. The smallest absolute Gasteiger partial charge is 0.223 e. The maximum Gasteiger partial charge on any atom is 0.223 e. The van der Waals surface area contributed by atoms with Crippen molar-refractivity contribution in [2.24, 2.45) is 5.92 Å². The summed E-state index contributed by atoms with van der Waals surface area (Å²) in [4.78, 5) is 24.1. The van der Waals surface area contributed by atoms with Gasteiger partial charge in [0.1, 0.15) is 5.82 Å². The lowest BCUT2D eigenvalue weighted by Crippen LogP contribution is -2.32. The summed E-state index contributed by atoms with van der Waals surface area (Å²) in [6.07, 6.45) is 12.0. The quantitative estimate of drug-likeness (QED) is 0.606. The highest BCUT2D eigenvalue weighted by Crippen LogP contribution is 2.28. The summed E-state index contributed by atoms with van der Waals surface area (Å²) in [5, 5.41) is 9.41. The second kappa shape index (κ2) is 8.46. The maximum absolute atomic E-state index is 12.2. The van der Waals surface area contributed by atoms with E-state index in [1.165, 1.54) is 32.1 Å². The summed E-state index contributed by atoms with van der Waals surface area (Å²) >= 11 is 1.56. The lowest BCUT2D eigenvalue weighted by atomic mass is 10.1. The fourth-order valence-electron chi connectivity index (χ4n) is 4.14. The molecule has 1 saturated carbocycles. The largest absolute Gasteiger partial charge is 0.356 e. The van der Waals surface area contributed by atoms with E-state index in [9.17, 15) is 4.79 Å². The molecule has 1 aliphatic carbocycles. The minimum absolute atomic E-state index is 0.192. The zero-order chi connectivity index (χ0) is 18.6. The molecule has 0 bridgehead atoms. The van der Waals surface area contributed by atoms with Crippen molar-refractivity contribution in [2.45, 2.75) is 56.6 Å². The van der Waals surface area contributed by atoms with Crippen LogP contribution in [0.1, 0.15) is 44.9 Å². The molecule has 1 N–H and O–H groups in total. The van der Waals surface area contributed by atoms with Crippen molar-refractivity contribution in [3.63, 3.8) is 0 Å². The number of rotatable bonds is 6. The highest BCUT2D eigenvalue weighted by atomic mass is 32.2. The average Bonchev–Trinajstić information content (AvgIpc) is 3.38. The van der Waals surface area contributed by atoms with Crippen LogP contribution in [0.15, 0.2) is 11.4 Å². The molecule has 3 heterocycles. The number of carbonyl (C=O) groups excluding carboxylic acids is 1.